The van der Waals surface area contributed by atoms with Crippen molar-refractivity contribution in [2.45, 2.75) is 13.8 Å². The molecule has 2 N–H and O–H groups in total. The average molecular weight is 395 g/mol. The van der Waals surface area contributed by atoms with E-state index in [1.807, 2.05) is 49.1 Å². The van der Waals surface area contributed by atoms with Crippen molar-refractivity contribution in [1.82, 2.24) is 9.47 Å². The third-order valence-corrected chi connectivity index (χ3v) is 5.12. The van der Waals surface area contributed by atoms with Gasteiger partial charge in [0, 0.05) is 49.7 Å². The van der Waals surface area contributed by atoms with Crippen LogP contribution in [0, 0.1) is 17.2 Å². The number of nitriles is 1. The zero-order valence-corrected chi connectivity index (χ0v) is 16.9. The summed E-state index contributed by atoms with van der Waals surface area (Å²) in [6.07, 6.45) is 1.53. The number of benzene rings is 1. The molecule has 29 heavy (non-hydrogen) atoms. The van der Waals surface area contributed by atoms with E-state index >= 15 is 0 Å². The molecule has 1 aliphatic rings. The number of esters is 1. The van der Waals surface area contributed by atoms with Crippen LogP contribution in [0.5, 0.6) is 0 Å². The number of hydrogen-bond acceptors (Lipinski definition) is 6. The molecule has 1 aromatic carbocycles. The Balaban J connectivity index is 1.79. The third kappa shape index (κ3) is 3.90. The van der Waals surface area contributed by atoms with Crippen LogP contribution in [0.3, 0.4) is 0 Å². The van der Waals surface area contributed by atoms with Crippen LogP contribution in [0.1, 0.15) is 29.9 Å². The molecule has 0 aliphatic carbocycles. The van der Waals surface area contributed by atoms with Crippen LogP contribution in [-0.2, 0) is 9.53 Å². The van der Waals surface area contributed by atoms with Crippen molar-refractivity contribution in [2.24, 2.45) is 5.92 Å². The Morgan fingerprint density at radius 3 is 2.21 bits per heavy atom. The van der Waals surface area contributed by atoms with Gasteiger partial charge in [-0.2, -0.15) is 5.26 Å². The fraction of sp³-hybridized carbons (Fsp3) is 0.381. The first-order chi connectivity index (χ1) is 13.9. The Morgan fingerprint density at radius 2 is 1.69 bits per heavy atom. The first kappa shape index (κ1) is 20.3. The van der Waals surface area contributed by atoms with Crippen molar-refractivity contribution in [1.29, 1.82) is 5.26 Å². The molecule has 1 fully saturated rings. The van der Waals surface area contributed by atoms with Gasteiger partial charge < -0.3 is 24.8 Å². The van der Waals surface area contributed by atoms with Gasteiger partial charge in [0.15, 0.2) is 5.69 Å². The minimum Gasteiger partial charge on any atom is -0.464 e. The first-order valence-electron chi connectivity index (χ1n) is 9.50. The lowest BCUT2D eigenvalue weighted by molar-refractivity contribution is -0.134. The van der Waals surface area contributed by atoms with Crippen LogP contribution >= 0.6 is 0 Å². The number of nitrogens with zero attached hydrogens (tertiary/aromatic N) is 4. The van der Waals surface area contributed by atoms with Crippen molar-refractivity contribution < 1.29 is 14.3 Å². The van der Waals surface area contributed by atoms with Gasteiger partial charge in [0.2, 0.25) is 5.91 Å². The highest BCUT2D eigenvalue weighted by Crippen LogP contribution is 2.26. The number of amides is 1. The maximum absolute atomic E-state index is 12.1. The molecule has 0 spiro atoms. The number of carbonyl (C=O) groups excluding carboxylic acids is 2. The summed E-state index contributed by atoms with van der Waals surface area (Å²) in [5.74, 6) is -0.398. The molecule has 152 valence electrons. The van der Waals surface area contributed by atoms with Gasteiger partial charge in [-0.25, -0.2) is 4.79 Å². The number of hydrogen-bond donors (Lipinski definition) is 1. The fourth-order valence-electron chi connectivity index (χ4n) is 3.49. The predicted molar refractivity (Wildman–Crippen MR) is 110 cm³/mol. The minimum atomic E-state index is -0.598. The van der Waals surface area contributed by atoms with Crippen molar-refractivity contribution >= 4 is 23.3 Å². The van der Waals surface area contributed by atoms with E-state index in [0.29, 0.717) is 18.8 Å². The summed E-state index contributed by atoms with van der Waals surface area (Å²) in [5.41, 5.74) is 8.15. The Labute approximate surface area is 170 Å². The molecule has 0 atom stereocenters. The SMILES string of the molecule is COC(=O)c1c(N)c(C#N)cn1-c1ccc(N2CCN(C(=O)C(C)C)CC2)cc1. The number of rotatable bonds is 4. The molecule has 8 nitrogen and oxygen atoms in total. The minimum absolute atomic E-state index is 0.0112. The fourth-order valence-corrected chi connectivity index (χ4v) is 3.49. The van der Waals surface area contributed by atoms with Gasteiger partial charge in [-0.1, -0.05) is 13.8 Å². The van der Waals surface area contributed by atoms with E-state index in [9.17, 15) is 14.9 Å². The molecule has 2 heterocycles. The smallest absolute Gasteiger partial charge is 0.357 e. The number of nitrogen functional groups attached to an aromatic ring is 1. The van der Waals surface area contributed by atoms with Crippen LogP contribution in [-0.4, -0.2) is 54.6 Å². The van der Waals surface area contributed by atoms with Gasteiger partial charge in [-0.05, 0) is 24.3 Å². The summed E-state index contributed by atoms with van der Waals surface area (Å²) in [4.78, 5) is 28.4. The molecule has 1 amide bonds. The summed E-state index contributed by atoms with van der Waals surface area (Å²) < 4.78 is 6.38. The van der Waals surface area contributed by atoms with Crippen LogP contribution in [0.25, 0.3) is 5.69 Å². The quantitative estimate of drug-likeness (QED) is 0.794. The van der Waals surface area contributed by atoms with Crippen LogP contribution in [0.2, 0.25) is 0 Å². The Hall–Kier alpha value is -3.47. The Morgan fingerprint density at radius 1 is 1.10 bits per heavy atom. The lowest BCUT2D eigenvalue weighted by Gasteiger charge is -2.37. The van der Waals surface area contributed by atoms with Crippen LogP contribution < -0.4 is 10.6 Å². The highest BCUT2D eigenvalue weighted by molar-refractivity contribution is 5.96. The summed E-state index contributed by atoms with van der Waals surface area (Å²) in [7, 11) is 1.28. The van der Waals surface area contributed by atoms with Crippen molar-refractivity contribution in [3.8, 4) is 11.8 Å². The molecular formula is C21H25N5O3. The topological polar surface area (TPSA) is 105 Å². The van der Waals surface area contributed by atoms with Crippen molar-refractivity contribution in [2.75, 3.05) is 43.9 Å². The molecule has 0 unspecified atom stereocenters. The summed E-state index contributed by atoms with van der Waals surface area (Å²) in [5, 5.41) is 9.24. The van der Waals surface area contributed by atoms with E-state index in [1.54, 1.807) is 4.57 Å². The Bertz CT molecular complexity index is 948. The number of anilines is 2. The van der Waals surface area contributed by atoms with E-state index in [2.05, 4.69) is 4.90 Å². The van der Waals surface area contributed by atoms with Gasteiger partial charge in [0.05, 0.1) is 18.4 Å². The summed E-state index contributed by atoms with van der Waals surface area (Å²) in [6.45, 7) is 6.76. The van der Waals surface area contributed by atoms with Gasteiger partial charge in [0.1, 0.15) is 6.07 Å². The van der Waals surface area contributed by atoms with E-state index < -0.39 is 5.97 Å². The molecule has 0 radical (unpaired) electrons. The lowest BCUT2D eigenvalue weighted by atomic mass is 10.1. The van der Waals surface area contributed by atoms with Crippen molar-refractivity contribution in [3.63, 3.8) is 0 Å². The second-order valence-corrected chi connectivity index (χ2v) is 7.26. The van der Waals surface area contributed by atoms with Crippen molar-refractivity contribution in [3.05, 3.63) is 41.7 Å². The van der Waals surface area contributed by atoms with Gasteiger partial charge >= 0.3 is 5.97 Å². The number of ether oxygens (including phenoxy) is 1. The number of aromatic nitrogens is 1. The molecule has 1 aromatic heterocycles. The number of methoxy groups -OCH3 is 1. The number of carbonyl (C=O) groups is 2. The standard InChI is InChI=1S/C21H25N5O3/c1-14(2)20(27)25-10-8-24(9-11-25)16-4-6-17(7-5-16)26-13-15(12-22)18(23)19(26)21(28)29-3/h4-7,13-14H,8-11,23H2,1-3H3. The van der Waals surface area contributed by atoms with Gasteiger partial charge in [-0.15, -0.1) is 0 Å². The second-order valence-electron chi connectivity index (χ2n) is 7.26. The van der Waals surface area contributed by atoms with E-state index in [0.717, 1.165) is 18.8 Å². The molecule has 2 aromatic rings. The summed E-state index contributed by atoms with van der Waals surface area (Å²) >= 11 is 0. The van der Waals surface area contributed by atoms with E-state index in [1.165, 1.54) is 13.3 Å². The third-order valence-electron chi connectivity index (χ3n) is 5.12. The normalized spacial score (nSPS) is 14.0. The Kier molecular flexibility index (Phi) is 5.78. The number of nitrogens with two attached hydrogens (primary N) is 1. The average Bonchev–Trinajstić information content (AvgIpc) is 3.09. The first-order valence-corrected chi connectivity index (χ1v) is 9.50. The molecule has 0 saturated carbocycles. The second kappa shape index (κ2) is 8.27. The summed E-state index contributed by atoms with van der Waals surface area (Å²) in [6, 6.07) is 9.65. The maximum atomic E-state index is 12.1. The molecular weight excluding hydrogens is 370 g/mol. The zero-order valence-electron chi connectivity index (χ0n) is 16.9. The van der Waals surface area contributed by atoms with Gasteiger partial charge in [-0.3, -0.25) is 4.79 Å². The van der Waals surface area contributed by atoms with E-state index in [-0.39, 0.29) is 28.8 Å². The molecule has 8 heteroatoms. The largest absolute Gasteiger partial charge is 0.464 e. The van der Waals surface area contributed by atoms with Crippen LogP contribution in [0.15, 0.2) is 30.5 Å². The van der Waals surface area contributed by atoms with Gasteiger partial charge in [0.25, 0.3) is 0 Å². The highest BCUT2D eigenvalue weighted by atomic mass is 16.5. The lowest BCUT2D eigenvalue weighted by Crippen LogP contribution is -2.49. The molecule has 3 rings (SSSR count). The highest BCUT2D eigenvalue weighted by Gasteiger charge is 2.24. The number of piperazine rings is 1. The zero-order chi connectivity index (χ0) is 21.1. The molecule has 1 aliphatic heterocycles. The van der Waals surface area contributed by atoms with E-state index in [4.69, 9.17) is 10.5 Å². The monoisotopic (exact) mass is 395 g/mol. The van der Waals surface area contributed by atoms with Crippen LogP contribution in [0.4, 0.5) is 11.4 Å². The predicted octanol–water partition coefficient (Wildman–Crippen LogP) is 2.02. The molecule has 0 bridgehead atoms. The molecule has 1 saturated heterocycles. The maximum Gasteiger partial charge on any atom is 0.357 e.